The molecule has 0 aromatic carbocycles. The Morgan fingerprint density at radius 3 is 2.62 bits per heavy atom. The van der Waals surface area contributed by atoms with E-state index in [1.807, 2.05) is 0 Å². The van der Waals surface area contributed by atoms with E-state index in [2.05, 4.69) is 5.92 Å². The summed E-state index contributed by atoms with van der Waals surface area (Å²) >= 11 is 0. The van der Waals surface area contributed by atoms with Gasteiger partial charge in [0.2, 0.25) is 5.78 Å². The van der Waals surface area contributed by atoms with E-state index in [4.69, 9.17) is 6.42 Å². The number of terminal acetylenes is 1. The predicted octanol–water partition coefficient (Wildman–Crippen LogP) is -0.0562. The van der Waals surface area contributed by atoms with Crippen molar-refractivity contribution >= 4 is 12.1 Å². The van der Waals surface area contributed by atoms with E-state index in [0.717, 1.165) is 6.08 Å². The molecule has 0 saturated heterocycles. The highest BCUT2D eigenvalue weighted by Crippen LogP contribution is 1.68. The highest BCUT2D eigenvalue weighted by molar-refractivity contribution is 6.30. The van der Waals surface area contributed by atoms with Crippen molar-refractivity contribution in [3.8, 4) is 12.3 Å². The number of aldehydes is 1. The molecule has 0 fully saturated rings. The van der Waals surface area contributed by atoms with E-state index in [9.17, 15) is 9.59 Å². The molecule has 8 heavy (non-hydrogen) atoms. The summed E-state index contributed by atoms with van der Waals surface area (Å²) in [5, 5.41) is 0. The SMILES string of the molecule is C#C/C=C/C(=O)C=O. The molecule has 0 saturated carbocycles. The monoisotopic (exact) mass is 108 g/mol. The van der Waals surface area contributed by atoms with Gasteiger partial charge < -0.3 is 0 Å². The van der Waals surface area contributed by atoms with Crippen molar-refractivity contribution in [1.29, 1.82) is 0 Å². The van der Waals surface area contributed by atoms with Gasteiger partial charge >= 0.3 is 0 Å². The van der Waals surface area contributed by atoms with Gasteiger partial charge in [-0.2, -0.15) is 0 Å². The first-order valence-corrected chi connectivity index (χ1v) is 1.93. The summed E-state index contributed by atoms with van der Waals surface area (Å²) in [7, 11) is 0. The average Bonchev–Trinajstić information content (AvgIpc) is 1.83. The normalized spacial score (nSPS) is 8.38. The van der Waals surface area contributed by atoms with Crippen LogP contribution in [0.25, 0.3) is 0 Å². The van der Waals surface area contributed by atoms with Gasteiger partial charge in [0.1, 0.15) is 0 Å². The first kappa shape index (κ1) is 6.64. The summed E-state index contributed by atoms with van der Waals surface area (Å²) in [5.41, 5.74) is 0. The van der Waals surface area contributed by atoms with E-state index >= 15 is 0 Å². The van der Waals surface area contributed by atoms with Crippen molar-refractivity contribution in [2.45, 2.75) is 0 Å². The Hall–Kier alpha value is -1.36. The summed E-state index contributed by atoms with van der Waals surface area (Å²) in [6.45, 7) is 0. The molecule has 0 atom stereocenters. The first-order valence-electron chi connectivity index (χ1n) is 1.93. The maximum atomic E-state index is 10.0. The van der Waals surface area contributed by atoms with Crippen LogP contribution < -0.4 is 0 Å². The summed E-state index contributed by atoms with van der Waals surface area (Å²) in [6, 6.07) is 0. The lowest BCUT2D eigenvalue weighted by Crippen LogP contribution is -1.90. The van der Waals surface area contributed by atoms with Gasteiger partial charge in [-0.15, -0.1) is 6.42 Å². The molecule has 0 amide bonds. The molecule has 0 N–H and O–H groups in total. The third-order valence-electron chi connectivity index (χ3n) is 0.460. The topological polar surface area (TPSA) is 34.1 Å². The summed E-state index contributed by atoms with van der Waals surface area (Å²) in [5.74, 6) is 1.46. The molecule has 0 bridgehead atoms. The van der Waals surface area contributed by atoms with Gasteiger partial charge in [0.25, 0.3) is 0 Å². The largest absolute Gasteiger partial charge is 0.294 e. The highest BCUT2D eigenvalue weighted by Gasteiger charge is 1.85. The number of ketones is 1. The number of allylic oxidation sites excluding steroid dienone is 2. The molecule has 0 aliphatic heterocycles. The van der Waals surface area contributed by atoms with Crippen molar-refractivity contribution in [3.63, 3.8) is 0 Å². The lowest BCUT2D eigenvalue weighted by molar-refractivity contribution is -0.126. The highest BCUT2D eigenvalue weighted by atomic mass is 16.2. The van der Waals surface area contributed by atoms with Crippen LogP contribution in [0.15, 0.2) is 12.2 Å². The maximum absolute atomic E-state index is 10.0. The first-order chi connectivity index (χ1) is 3.81. The molecule has 0 aromatic rings. The summed E-state index contributed by atoms with van der Waals surface area (Å²) < 4.78 is 0. The molecule has 40 valence electrons. The predicted molar refractivity (Wildman–Crippen MR) is 29.0 cm³/mol. The van der Waals surface area contributed by atoms with Crippen LogP contribution in [0.5, 0.6) is 0 Å². The van der Waals surface area contributed by atoms with Crippen LogP contribution in [0.1, 0.15) is 0 Å². The zero-order valence-corrected chi connectivity index (χ0v) is 4.13. The van der Waals surface area contributed by atoms with Crippen LogP contribution >= 0.6 is 0 Å². The molecule has 0 aromatic heterocycles. The van der Waals surface area contributed by atoms with E-state index in [1.54, 1.807) is 0 Å². The smallest absolute Gasteiger partial charge is 0.218 e. The minimum atomic E-state index is -0.608. The van der Waals surface area contributed by atoms with Crippen molar-refractivity contribution in [1.82, 2.24) is 0 Å². The number of hydrogen-bond donors (Lipinski definition) is 0. The number of rotatable bonds is 2. The van der Waals surface area contributed by atoms with E-state index < -0.39 is 5.78 Å². The Bertz CT molecular complexity index is 160. The molecular weight excluding hydrogens is 104 g/mol. The second-order valence-corrected chi connectivity index (χ2v) is 1.02. The van der Waals surface area contributed by atoms with Crippen LogP contribution in [0.4, 0.5) is 0 Å². The molecule has 0 heterocycles. The lowest BCUT2D eigenvalue weighted by Gasteiger charge is -1.68. The number of carbonyl (C=O) groups excluding carboxylic acids is 2. The second-order valence-electron chi connectivity index (χ2n) is 1.02. The minimum absolute atomic E-state index is 0.202. The van der Waals surface area contributed by atoms with Crippen LogP contribution in [0.3, 0.4) is 0 Å². The summed E-state index contributed by atoms with van der Waals surface area (Å²) in [4.78, 5) is 19.6. The van der Waals surface area contributed by atoms with Gasteiger partial charge in [-0.3, -0.25) is 9.59 Å². The molecule has 0 rings (SSSR count). The van der Waals surface area contributed by atoms with Crippen LogP contribution in [0.2, 0.25) is 0 Å². The third-order valence-corrected chi connectivity index (χ3v) is 0.460. The number of carbonyl (C=O) groups is 2. The van der Waals surface area contributed by atoms with Gasteiger partial charge in [0.05, 0.1) is 0 Å². The van der Waals surface area contributed by atoms with Crippen molar-refractivity contribution < 1.29 is 9.59 Å². The Labute approximate surface area is 47.2 Å². The van der Waals surface area contributed by atoms with E-state index in [1.165, 1.54) is 6.08 Å². The van der Waals surface area contributed by atoms with Gasteiger partial charge in [0.15, 0.2) is 6.29 Å². The van der Waals surface area contributed by atoms with E-state index in [-0.39, 0.29) is 6.29 Å². The minimum Gasteiger partial charge on any atom is -0.294 e. The number of hydrogen-bond acceptors (Lipinski definition) is 2. The Morgan fingerprint density at radius 1 is 1.62 bits per heavy atom. The lowest BCUT2D eigenvalue weighted by atomic mass is 10.4. The molecular formula is C6H4O2. The van der Waals surface area contributed by atoms with Crippen LogP contribution in [0, 0.1) is 12.3 Å². The van der Waals surface area contributed by atoms with Crippen molar-refractivity contribution in [2.75, 3.05) is 0 Å². The molecule has 2 nitrogen and oxygen atoms in total. The van der Waals surface area contributed by atoms with Crippen LogP contribution in [-0.4, -0.2) is 12.1 Å². The zero-order valence-electron chi connectivity index (χ0n) is 4.13. The third kappa shape index (κ3) is 2.86. The van der Waals surface area contributed by atoms with Crippen molar-refractivity contribution in [2.24, 2.45) is 0 Å². The van der Waals surface area contributed by atoms with Gasteiger partial charge in [-0.05, 0) is 12.2 Å². The molecule has 0 aliphatic rings. The quantitative estimate of drug-likeness (QED) is 0.215. The van der Waals surface area contributed by atoms with Gasteiger partial charge in [0, 0.05) is 0 Å². The van der Waals surface area contributed by atoms with E-state index in [0.29, 0.717) is 0 Å². The Balaban J connectivity index is 3.75. The van der Waals surface area contributed by atoms with Crippen LogP contribution in [-0.2, 0) is 9.59 Å². The average molecular weight is 108 g/mol. The fourth-order valence-corrected chi connectivity index (χ4v) is 0.170. The molecule has 0 aliphatic carbocycles. The molecule has 0 spiro atoms. The molecule has 2 heteroatoms. The Kier molecular flexibility index (Phi) is 3.17. The standard InChI is InChI=1S/C6H4O2/c1-2-3-4-6(8)5-7/h1,3-5H/b4-3+. The maximum Gasteiger partial charge on any atom is 0.218 e. The fraction of sp³-hybridized carbons (Fsp3) is 0. The molecule has 0 radical (unpaired) electrons. The van der Waals surface area contributed by atoms with Gasteiger partial charge in [-0.25, -0.2) is 0 Å². The van der Waals surface area contributed by atoms with Crippen molar-refractivity contribution in [3.05, 3.63) is 12.2 Å². The van der Waals surface area contributed by atoms with Gasteiger partial charge in [-0.1, -0.05) is 5.92 Å². The Morgan fingerprint density at radius 2 is 2.25 bits per heavy atom. The fourth-order valence-electron chi connectivity index (χ4n) is 0.170. The molecule has 0 unspecified atom stereocenters. The zero-order chi connectivity index (χ0) is 6.41. The second kappa shape index (κ2) is 3.82. The summed E-state index contributed by atoms with van der Waals surface area (Å²) in [6.07, 6.45) is 7.14.